The van der Waals surface area contributed by atoms with E-state index in [0.29, 0.717) is 31.0 Å². The second-order valence-corrected chi connectivity index (χ2v) is 4.59. The number of hydrogen-bond acceptors (Lipinski definition) is 3. The Balaban J connectivity index is 2.36. The van der Waals surface area contributed by atoms with Gasteiger partial charge in [0.2, 0.25) is 0 Å². The molecule has 5 heteroatoms. The summed E-state index contributed by atoms with van der Waals surface area (Å²) in [4.78, 5) is 11.8. The zero-order valence-electron chi connectivity index (χ0n) is 10.1. The van der Waals surface area contributed by atoms with Crippen molar-refractivity contribution in [1.29, 1.82) is 0 Å². The maximum atomic E-state index is 11.8. The molecule has 0 bridgehead atoms. The number of hydrogen-bond donors (Lipinski definition) is 2. The number of ether oxygens (including phenoxy) is 1. The van der Waals surface area contributed by atoms with Crippen molar-refractivity contribution in [3.8, 4) is 0 Å². The van der Waals surface area contributed by atoms with E-state index in [2.05, 4.69) is 27.8 Å². The van der Waals surface area contributed by atoms with Gasteiger partial charge in [-0.05, 0) is 24.6 Å². The Bertz CT molecular complexity index is 421. The van der Waals surface area contributed by atoms with Gasteiger partial charge in [-0.1, -0.05) is 22.0 Å². The van der Waals surface area contributed by atoms with Crippen LogP contribution >= 0.6 is 15.9 Å². The molecule has 1 aromatic rings. The summed E-state index contributed by atoms with van der Waals surface area (Å²) in [6, 6.07) is 5.19. The molecule has 1 amide bonds. The number of nitrogens with one attached hydrogen (secondary N) is 1. The van der Waals surface area contributed by atoms with Gasteiger partial charge in [-0.25, -0.2) is 0 Å². The molecule has 0 saturated carbocycles. The van der Waals surface area contributed by atoms with Gasteiger partial charge in [0.25, 0.3) is 5.91 Å². The Hall–Kier alpha value is -1.33. The number of nitrogen functional groups attached to an aromatic ring is 1. The minimum Gasteiger partial charge on any atom is -0.398 e. The van der Waals surface area contributed by atoms with E-state index in [1.165, 1.54) is 0 Å². The molecule has 0 aliphatic heterocycles. The normalized spacial score (nSPS) is 10.1. The second-order valence-electron chi connectivity index (χ2n) is 3.68. The molecule has 98 valence electrons. The molecular weight excluding hydrogens is 296 g/mol. The number of amides is 1. The first-order valence-corrected chi connectivity index (χ1v) is 6.46. The molecular formula is C13H17BrN2O2. The fourth-order valence-corrected chi connectivity index (χ4v) is 1.69. The summed E-state index contributed by atoms with van der Waals surface area (Å²) in [5, 5.41) is 2.75. The van der Waals surface area contributed by atoms with Gasteiger partial charge >= 0.3 is 0 Å². The lowest BCUT2D eigenvalue weighted by Crippen LogP contribution is -2.28. The van der Waals surface area contributed by atoms with Gasteiger partial charge in [0, 0.05) is 16.7 Å². The lowest BCUT2D eigenvalue weighted by molar-refractivity contribution is 0.0918. The topological polar surface area (TPSA) is 64.3 Å². The van der Waals surface area contributed by atoms with Crippen LogP contribution in [-0.2, 0) is 4.74 Å². The summed E-state index contributed by atoms with van der Waals surface area (Å²) in [5.74, 6) is -0.193. The Morgan fingerprint density at radius 3 is 3.00 bits per heavy atom. The Kier molecular flexibility index (Phi) is 6.46. The molecule has 18 heavy (non-hydrogen) atoms. The van der Waals surface area contributed by atoms with Gasteiger partial charge in [0.1, 0.15) is 0 Å². The lowest BCUT2D eigenvalue weighted by Gasteiger charge is -2.08. The van der Waals surface area contributed by atoms with Crippen LogP contribution in [0.2, 0.25) is 0 Å². The molecule has 0 heterocycles. The highest BCUT2D eigenvalue weighted by Gasteiger charge is 2.09. The zero-order chi connectivity index (χ0) is 13.4. The Morgan fingerprint density at radius 2 is 2.28 bits per heavy atom. The van der Waals surface area contributed by atoms with Gasteiger partial charge in [-0.3, -0.25) is 4.79 Å². The first-order chi connectivity index (χ1) is 8.65. The fourth-order valence-electron chi connectivity index (χ4n) is 1.33. The molecule has 1 rings (SSSR count). The Labute approximate surface area is 115 Å². The van der Waals surface area contributed by atoms with Crippen LogP contribution in [0.25, 0.3) is 0 Å². The van der Waals surface area contributed by atoms with Crippen molar-refractivity contribution in [1.82, 2.24) is 5.32 Å². The molecule has 0 radical (unpaired) electrons. The minimum atomic E-state index is -0.193. The van der Waals surface area contributed by atoms with Crippen LogP contribution in [0.3, 0.4) is 0 Å². The predicted octanol–water partition coefficient (Wildman–Crippen LogP) is 2.35. The van der Waals surface area contributed by atoms with E-state index in [4.69, 9.17) is 10.5 Å². The third-order valence-corrected chi connectivity index (χ3v) is 2.75. The van der Waals surface area contributed by atoms with Gasteiger partial charge in [0.05, 0.1) is 18.8 Å². The van der Waals surface area contributed by atoms with Crippen molar-refractivity contribution in [3.05, 3.63) is 40.9 Å². The zero-order valence-corrected chi connectivity index (χ0v) is 11.7. The maximum Gasteiger partial charge on any atom is 0.253 e. The van der Waals surface area contributed by atoms with E-state index in [9.17, 15) is 4.79 Å². The van der Waals surface area contributed by atoms with Crippen LogP contribution in [0.15, 0.2) is 35.3 Å². The number of benzene rings is 1. The van der Waals surface area contributed by atoms with Crippen LogP contribution in [0, 0.1) is 0 Å². The molecule has 0 aliphatic carbocycles. The smallest absolute Gasteiger partial charge is 0.253 e. The van der Waals surface area contributed by atoms with Crippen LogP contribution in [0.4, 0.5) is 5.69 Å². The van der Waals surface area contributed by atoms with Crippen molar-refractivity contribution < 1.29 is 9.53 Å². The highest BCUT2D eigenvalue weighted by atomic mass is 79.9. The molecule has 0 saturated heterocycles. The van der Waals surface area contributed by atoms with E-state index in [1.807, 2.05) is 0 Å². The van der Waals surface area contributed by atoms with Crippen LogP contribution in [0.1, 0.15) is 16.8 Å². The number of nitrogens with two attached hydrogens (primary N) is 1. The largest absolute Gasteiger partial charge is 0.398 e. The van der Waals surface area contributed by atoms with E-state index >= 15 is 0 Å². The summed E-state index contributed by atoms with van der Waals surface area (Å²) in [6.45, 7) is 5.16. The van der Waals surface area contributed by atoms with Crippen molar-refractivity contribution in [2.24, 2.45) is 0 Å². The first-order valence-electron chi connectivity index (χ1n) is 5.67. The van der Waals surface area contributed by atoms with Gasteiger partial charge in [-0.15, -0.1) is 6.58 Å². The average molecular weight is 313 g/mol. The first kappa shape index (κ1) is 14.7. The van der Waals surface area contributed by atoms with Gasteiger partial charge in [-0.2, -0.15) is 0 Å². The summed E-state index contributed by atoms with van der Waals surface area (Å²) < 4.78 is 6.11. The van der Waals surface area contributed by atoms with E-state index in [0.717, 1.165) is 10.9 Å². The molecule has 0 unspecified atom stereocenters. The highest BCUT2D eigenvalue weighted by Crippen LogP contribution is 2.18. The molecule has 0 aliphatic rings. The number of anilines is 1. The van der Waals surface area contributed by atoms with Crippen molar-refractivity contribution in [2.45, 2.75) is 6.42 Å². The SMILES string of the molecule is C=CCCOCCNC(=O)c1cc(Br)ccc1N. The van der Waals surface area contributed by atoms with E-state index < -0.39 is 0 Å². The summed E-state index contributed by atoms with van der Waals surface area (Å²) in [7, 11) is 0. The molecule has 1 aromatic carbocycles. The maximum absolute atomic E-state index is 11.8. The van der Waals surface area contributed by atoms with Crippen molar-refractivity contribution >= 4 is 27.5 Å². The molecule has 0 fully saturated rings. The molecule has 0 aromatic heterocycles. The predicted molar refractivity (Wildman–Crippen MR) is 76.5 cm³/mol. The summed E-state index contributed by atoms with van der Waals surface area (Å²) >= 11 is 3.31. The van der Waals surface area contributed by atoms with Crippen molar-refractivity contribution in [2.75, 3.05) is 25.5 Å². The standard InChI is InChI=1S/C13H17BrN2O2/c1-2-3-7-18-8-6-16-13(17)11-9-10(14)4-5-12(11)15/h2,4-5,9H,1,3,6-8,15H2,(H,16,17). The lowest BCUT2D eigenvalue weighted by atomic mass is 10.1. The van der Waals surface area contributed by atoms with Crippen molar-refractivity contribution in [3.63, 3.8) is 0 Å². The third kappa shape index (κ3) is 4.89. The van der Waals surface area contributed by atoms with E-state index in [1.54, 1.807) is 24.3 Å². The second kappa shape index (κ2) is 7.89. The molecule has 4 nitrogen and oxygen atoms in total. The quantitative estimate of drug-likeness (QED) is 0.461. The third-order valence-electron chi connectivity index (χ3n) is 2.26. The minimum absolute atomic E-state index is 0.193. The van der Waals surface area contributed by atoms with Crippen LogP contribution in [0.5, 0.6) is 0 Å². The molecule has 0 atom stereocenters. The monoisotopic (exact) mass is 312 g/mol. The molecule has 3 N–H and O–H groups in total. The highest BCUT2D eigenvalue weighted by molar-refractivity contribution is 9.10. The fraction of sp³-hybridized carbons (Fsp3) is 0.308. The van der Waals surface area contributed by atoms with E-state index in [-0.39, 0.29) is 5.91 Å². The number of halogens is 1. The number of carbonyl (C=O) groups is 1. The molecule has 0 spiro atoms. The average Bonchev–Trinajstić information content (AvgIpc) is 2.36. The van der Waals surface area contributed by atoms with Crippen LogP contribution in [-0.4, -0.2) is 25.7 Å². The van der Waals surface area contributed by atoms with Gasteiger partial charge in [0.15, 0.2) is 0 Å². The summed E-state index contributed by atoms with van der Waals surface area (Å²) in [6.07, 6.45) is 2.60. The van der Waals surface area contributed by atoms with Crippen LogP contribution < -0.4 is 11.1 Å². The number of rotatable bonds is 7. The Morgan fingerprint density at radius 1 is 1.50 bits per heavy atom. The number of carbonyl (C=O) groups excluding carboxylic acids is 1. The van der Waals surface area contributed by atoms with Gasteiger partial charge < -0.3 is 15.8 Å². The summed E-state index contributed by atoms with van der Waals surface area (Å²) in [5.41, 5.74) is 6.67.